The van der Waals surface area contributed by atoms with Crippen LogP contribution >= 0.6 is 24.0 Å². The molecular weight excluding hydrogens is 411 g/mol. The predicted octanol–water partition coefficient (Wildman–Crippen LogP) is 4.13. The second kappa shape index (κ2) is 9.30. The first-order valence-electron chi connectivity index (χ1n) is 8.92. The summed E-state index contributed by atoms with van der Waals surface area (Å²) in [5.74, 6) is 0.603. The van der Waals surface area contributed by atoms with Gasteiger partial charge in [0.1, 0.15) is 0 Å². The zero-order valence-electron chi connectivity index (χ0n) is 14.5. The van der Waals surface area contributed by atoms with Crippen molar-refractivity contribution in [3.8, 4) is 0 Å². The van der Waals surface area contributed by atoms with Crippen LogP contribution in [0, 0.1) is 0 Å². The number of nitrogens with one attached hydrogen (secondary N) is 2. The van der Waals surface area contributed by atoms with Gasteiger partial charge < -0.3 is 16.0 Å². The van der Waals surface area contributed by atoms with E-state index in [-0.39, 0.29) is 24.0 Å². The molecule has 1 aromatic carbocycles. The van der Waals surface area contributed by atoms with Crippen LogP contribution in [-0.2, 0) is 12.8 Å². The fraction of sp³-hybridized carbons (Fsp3) is 0.526. The van der Waals surface area contributed by atoms with Crippen molar-refractivity contribution < 1.29 is 0 Å². The topological polar surface area (TPSA) is 66.2 Å². The Balaban J connectivity index is 0.00000208. The number of nitrogens with zero attached hydrogens (tertiary/aromatic N) is 1. The molecule has 1 heterocycles. The fourth-order valence-electron chi connectivity index (χ4n) is 3.58. The van der Waals surface area contributed by atoms with Crippen LogP contribution in [0.3, 0.4) is 0 Å². The highest BCUT2D eigenvalue weighted by molar-refractivity contribution is 14.0. The largest absolute Gasteiger partial charge is 0.370 e. The molecule has 0 unspecified atom stereocenters. The first-order valence-corrected chi connectivity index (χ1v) is 8.92. The Morgan fingerprint density at radius 2 is 2.04 bits per heavy atom. The zero-order chi connectivity index (χ0) is 16.1. The molecule has 0 bridgehead atoms. The second-order valence-electron chi connectivity index (χ2n) is 6.50. The van der Waals surface area contributed by atoms with Gasteiger partial charge in [-0.05, 0) is 36.8 Å². The lowest BCUT2D eigenvalue weighted by Gasteiger charge is -2.23. The Labute approximate surface area is 161 Å². The van der Waals surface area contributed by atoms with Gasteiger partial charge in [0, 0.05) is 29.7 Å². The van der Waals surface area contributed by atoms with E-state index in [1.165, 1.54) is 54.1 Å². The number of rotatable bonds is 5. The van der Waals surface area contributed by atoms with Crippen molar-refractivity contribution in [2.75, 3.05) is 6.54 Å². The molecule has 4 N–H and O–H groups in total. The zero-order valence-corrected chi connectivity index (χ0v) is 16.8. The molecule has 4 nitrogen and oxygen atoms in total. The first kappa shape index (κ1) is 19.1. The van der Waals surface area contributed by atoms with Crippen LogP contribution in [0.25, 0.3) is 10.9 Å². The number of fused-ring (bicyclic) bond motifs is 1. The average Bonchev–Trinajstić information content (AvgIpc) is 2.99. The minimum Gasteiger partial charge on any atom is -0.370 e. The third-order valence-electron chi connectivity index (χ3n) is 4.89. The molecule has 1 fully saturated rings. The number of aromatic amines is 1. The molecule has 1 aliphatic carbocycles. The van der Waals surface area contributed by atoms with Crippen LogP contribution in [-0.4, -0.2) is 23.5 Å². The molecule has 0 saturated heterocycles. The summed E-state index contributed by atoms with van der Waals surface area (Å²) in [6.07, 6.45) is 10.5. The van der Waals surface area contributed by atoms with Gasteiger partial charge in [0.25, 0.3) is 0 Å². The lowest BCUT2D eigenvalue weighted by molar-refractivity contribution is 0.412. The van der Waals surface area contributed by atoms with Crippen LogP contribution in [0.2, 0.25) is 0 Å². The van der Waals surface area contributed by atoms with Crippen LogP contribution in [0.5, 0.6) is 0 Å². The van der Waals surface area contributed by atoms with E-state index < -0.39 is 0 Å². The molecule has 0 aliphatic heterocycles. The van der Waals surface area contributed by atoms with Crippen LogP contribution in [0.15, 0.2) is 29.4 Å². The van der Waals surface area contributed by atoms with Crippen LogP contribution in [0.1, 0.15) is 50.2 Å². The van der Waals surface area contributed by atoms with E-state index in [1.807, 2.05) is 0 Å². The van der Waals surface area contributed by atoms with E-state index >= 15 is 0 Å². The lowest BCUT2D eigenvalue weighted by Crippen LogP contribution is -2.41. The number of H-pyrrole nitrogens is 1. The van der Waals surface area contributed by atoms with E-state index in [4.69, 9.17) is 5.73 Å². The first-order chi connectivity index (χ1) is 11.3. The maximum absolute atomic E-state index is 6.03. The van der Waals surface area contributed by atoms with Gasteiger partial charge in [0.15, 0.2) is 5.96 Å². The maximum Gasteiger partial charge on any atom is 0.188 e. The molecule has 1 aliphatic rings. The van der Waals surface area contributed by atoms with E-state index in [0.717, 1.165) is 19.4 Å². The molecule has 24 heavy (non-hydrogen) atoms. The quantitative estimate of drug-likeness (QED) is 0.372. The van der Waals surface area contributed by atoms with Gasteiger partial charge in [-0.15, -0.1) is 24.0 Å². The molecular formula is C19H29IN4. The van der Waals surface area contributed by atoms with Crippen molar-refractivity contribution >= 4 is 40.8 Å². The summed E-state index contributed by atoms with van der Waals surface area (Å²) in [6, 6.07) is 7.04. The van der Waals surface area contributed by atoms with Gasteiger partial charge in [-0.3, -0.25) is 4.99 Å². The van der Waals surface area contributed by atoms with Crippen LogP contribution < -0.4 is 11.1 Å². The molecule has 0 atom stereocenters. The molecule has 0 amide bonds. The van der Waals surface area contributed by atoms with E-state index in [0.29, 0.717) is 12.0 Å². The van der Waals surface area contributed by atoms with Crippen molar-refractivity contribution in [2.24, 2.45) is 10.7 Å². The minimum atomic E-state index is 0. The summed E-state index contributed by atoms with van der Waals surface area (Å²) in [7, 11) is 0. The van der Waals surface area contributed by atoms with E-state index in [1.54, 1.807) is 0 Å². The number of para-hydroxylation sites is 1. The number of halogens is 1. The van der Waals surface area contributed by atoms with Gasteiger partial charge in [-0.25, -0.2) is 0 Å². The normalized spacial score (nSPS) is 16.1. The second-order valence-corrected chi connectivity index (χ2v) is 6.50. The van der Waals surface area contributed by atoms with Gasteiger partial charge in [-0.2, -0.15) is 0 Å². The summed E-state index contributed by atoms with van der Waals surface area (Å²) in [6.45, 7) is 2.92. The number of aromatic nitrogens is 1. The molecule has 1 aromatic heterocycles. The Bertz CT molecular complexity index is 671. The van der Waals surface area contributed by atoms with E-state index in [9.17, 15) is 0 Å². The summed E-state index contributed by atoms with van der Waals surface area (Å²) >= 11 is 0. The van der Waals surface area contributed by atoms with Crippen LogP contribution in [0.4, 0.5) is 0 Å². The molecule has 0 radical (unpaired) electrons. The van der Waals surface area contributed by atoms with E-state index in [2.05, 4.69) is 46.6 Å². The van der Waals surface area contributed by atoms with Crippen molar-refractivity contribution in [3.05, 3.63) is 35.5 Å². The Morgan fingerprint density at radius 1 is 1.25 bits per heavy atom. The molecule has 0 spiro atoms. The number of benzene rings is 1. The molecule has 2 aromatic rings. The highest BCUT2D eigenvalue weighted by Gasteiger charge is 2.13. The Hall–Kier alpha value is -1.24. The molecule has 1 saturated carbocycles. The maximum atomic E-state index is 6.03. The number of hydrogen-bond acceptors (Lipinski definition) is 1. The third-order valence-corrected chi connectivity index (χ3v) is 4.89. The van der Waals surface area contributed by atoms with Crippen molar-refractivity contribution in [1.82, 2.24) is 10.3 Å². The van der Waals surface area contributed by atoms with Gasteiger partial charge in [0.2, 0.25) is 0 Å². The molecule has 5 heteroatoms. The SMILES string of the molecule is CCc1cccc2c(CCN=C(N)NC3CCCCC3)c[nH]c12.I. The smallest absolute Gasteiger partial charge is 0.188 e. The van der Waals surface area contributed by atoms with Crippen molar-refractivity contribution in [1.29, 1.82) is 0 Å². The number of guanidine groups is 1. The highest BCUT2D eigenvalue weighted by atomic mass is 127. The molecule has 132 valence electrons. The predicted molar refractivity (Wildman–Crippen MR) is 113 cm³/mol. The summed E-state index contributed by atoms with van der Waals surface area (Å²) in [5, 5.41) is 4.69. The lowest BCUT2D eigenvalue weighted by atomic mass is 9.96. The monoisotopic (exact) mass is 440 g/mol. The Morgan fingerprint density at radius 3 is 2.79 bits per heavy atom. The standard InChI is InChI=1S/C19H28N4.HI/c1-2-14-7-6-10-17-15(13-22-18(14)17)11-12-21-19(20)23-16-8-4-3-5-9-16;/h6-7,10,13,16,22H,2-5,8-9,11-12H2,1H3,(H3,20,21,23);1H. The number of aryl methyl sites for hydroxylation is 1. The average molecular weight is 440 g/mol. The summed E-state index contributed by atoms with van der Waals surface area (Å²) in [5.41, 5.74) is 9.99. The highest BCUT2D eigenvalue weighted by Crippen LogP contribution is 2.22. The van der Waals surface area contributed by atoms with Gasteiger partial charge in [-0.1, -0.05) is 44.4 Å². The summed E-state index contributed by atoms with van der Waals surface area (Å²) in [4.78, 5) is 7.93. The number of aliphatic imine (C=N–C) groups is 1. The number of hydrogen-bond donors (Lipinski definition) is 3. The van der Waals surface area contributed by atoms with Gasteiger partial charge >= 0.3 is 0 Å². The summed E-state index contributed by atoms with van der Waals surface area (Å²) < 4.78 is 0. The van der Waals surface area contributed by atoms with Crippen molar-refractivity contribution in [3.63, 3.8) is 0 Å². The molecule has 3 rings (SSSR count). The van der Waals surface area contributed by atoms with Crippen molar-refractivity contribution in [2.45, 2.75) is 57.9 Å². The number of nitrogens with two attached hydrogens (primary N) is 1. The third kappa shape index (κ3) is 4.65. The fourth-order valence-corrected chi connectivity index (χ4v) is 3.58. The Kier molecular flexibility index (Phi) is 7.40. The minimum absolute atomic E-state index is 0. The van der Waals surface area contributed by atoms with Gasteiger partial charge in [0.05, 0.1) is 0 Å².